The Hall–Kier alpha value is -4.60. The third-order valence-electron chi connectivity index (χ3n) is 5.57. The van der Waals surface area contributed by atoms with Gasteiger partial charge >= 0.3 is 0 Å². The summed E-state index contributed by atoms with van der Waals surface area (Å²) < 4.78 is 5.86. The van der Waals surface area contributed by atoms with Gasteiger partial charge in [-0.2, -0.15) is 0 Å². The highest BCUT2D eigenvalue weighted by atomic mass is 16.6. The molecular weight excluding hydrogens is 440 g/mol. The number of rotatable bonds is 7. The number of carbonyl (C=O) groups excluding carboxylic acids is 1. The maximum Gasteiger partial charge on any atom is 0.277 e. The summed E-state index contributed by atoms with van der Waals surface area (Å²) in [6.07, 6.45) is 1.02. The molecule has 1 amide bonds. The van der Waals surface area contributed by atoms with E-state index < -0.39 is 27.1 Å². The number of aromatic nitrogens is 1. The molecule has 0 aliphatic rings. The van der Waals surface area contributed by atoms with Crippen LogP contribution in [0.25, 0.3) is 22.6 Å². The molecule has 0 aliphatic heterocycles. The fourth-order valence-corrected chi connectivity index (χ4v) is 3.45. The molecule has 1 aromatic heterocycles. The number of oxazole rings is 1. The normalized spacial score (nSPS) is 11.8. The first-order valence-electron chi connectivity index (χ1n) is 10.5. The van der Waals surface area contributed by atoms with E-state index in [-0.39, 0.29) is 5.56 Å². The summed E-state index contributed by atoms with van der Waals surface area (Å²) in [5.41, 5.74) is 2.45. The Morgan fingerprint density at radius 3 is 2.24 bits per heavy atom. The number of hydrogen-bond donors (Lipinski definition) is 1. The van der Waals surface area contributed by atoms with Crippen molar-refractivity contribution in [1.29, 1.82) is 0 Å². The van der Waals surface area contributed by atoms with Gasteiger partial charge in [-0.15, -0.1) is 0 Å². The van der Waals surface area contributed by atoms with Crippen molar-refractivity contribution in [1.82, 2.24) is 4.98 Å². The molecule has 1 heterocycles. The molecule has 0 fully saturated rings. The van der Waals surface area contributed by atoms with E-state index in [9.17, 15) is 25.0 Å². The number of benzene rings is 3. The van der Waals surface area contributed by atoms with Gasteiger partial charge in [-0.3, -0.25) is 25.0 Å². The zero-order valence-electron chi connectivity index (χ0n) is 18.3. The van der Waals surface area contributed by atoms with Gasteiger partial charge in [-0.1, -0.05) is 19.9 Å². The minimum absolute atomic E-state index is 0.193. The van der Waals surface area contributed by atoms with Gasteiger partial charge < -0.3 is 9.73 Å². The van der Waals surface area contributed by atoms with Gasteiger partial charge in [0.05, 0.1) is 21.5 Å². The van der Waals surface area contributed by atoms with E-state index in [1.54, 1.807) is 24.3 Å². The molecule has 0 saturated heterocycles. The Bertz CT molecular complexity index is 1380. The Labute approximate surface area is 193 Å². The molecule has 0 bridgehead atoms. The zero-order chi connectivity index (χ0) is 24.4. The van der Waals surface area contributed by atoms with Gasteiger partial charge in [-0.05, 0) is 54.3 Å². The number of nitro groups is 2. The molecule has 3 aromatic carbocycles. The van der Waals surface area contributed by atoms with E-state index in [2.05, 4.69) is 24.1 Å². The van der Waals surface area contributed by atoms with Gasteiger partial charge in [0.15, 0.2) is 5.58 Å². The predicted octanol–water partition coefficient (Wildman–Crippen LogP) is 6.08. The lowest BCUT2D eigenvalue weighted by Gasteiger charge is -2.07. The molecule has 1 unspecified atom stereocenters. The summed E-state index contributed by atoms with van der Waals surface area (Å²) in [5.74, 6) is 0.141. The summed E-state index contributed by atoms with van der Waals surface area (Å²) in [4.78, 5) is 37.7. The summed E-state index contributed by atoms with van der Waals surface area (Å²) >= 11 is 0. The molecule has 0 saturated carbocycles. The van der Waals surface area contributed by atoms with Crippen LogP contribution in [0.4, 0.5) is 17.1 Å². The van der Waals surface area contributed by atoms with Crippen molar-refractivity contribution in [2.75, 3.05) is 5.32 Å². The van der Waals surface area contributed by atoms with E-state index in [1.807, 2.05) is 18.2 Å². The van der Waals surface area contributed by atoms with Gasteiger partial charge in [0.1, 0.15) is 5.52 Å². The van der Waals surface area contributed by atoms with E-state index in [0.717, 1.165) is 30.1 Å². The highest BCUT2D eigenvalue weighted by molar-refractivity contribution is 6.05. The highest BCUT2D eigenvalue weighted by Crippen LogP contribution is 2.29. The predicted molar refractivity (Wildman–Crippen MR) is 126 cm³/mol. The summed E-state index contributed by atoms with van der Waals surface area (Å²) in [7, 11) is 0. The monoisotopic (exact) mass is 460 g/mol. The van der Waals surface area contributed by atoms with Gasteiger partial charge in [0.2, 0.25) is 5.89 Å². The van der Waals surface area contributed by atoms with Crippen LogP contribution in [0.1, 0.15) is 42.1 Å². The Morgan fingerprint density at radius 2 is 1.65 bits per heavy atom. The van der Waals surface area contributed by atoms with Crippen molar-refractivity contribution in [3.63, 3.8) is 0 Å². The van der Waals surface area contributed by atoms with E-state index in [0.29, 0.717) is 28.6 Å². The molecule has 4 aromatic rings. The first-order valence-corrected chi connectivity index (χ1v) is 10.5. The molecule has 0 radical (unpaired) electrons. The van der Waals surface area contributed by atoms with Gasteiger partial charge in [-0.25, -0.2) is 4.98 Å². The molecule has 0 aliphatic carbocycles. The lowest BCUT2D eigenvalue weighted by molar-refractivity contribution is -0.394. The number of amides is 1. The van der Waals surface area contributed by atoms with Crippen molar-refractivity contribution >= 4 is 34.1 Å². The number of nitrogens with zero attached hydrogens (tertiary/aromatic N) is 3. The van der Waals surface area contributed by atoms with Crippen molar-refractivity contribution in [3.8, 4) is 11.5 Å². The molecule has 1 atom stereocenters. The quantitative estimate of drug-likeness (QED) is 0.260. The number of fused-ring (bicyclic) bond motifs is 1. The zero-order valence-corrected chi connectivity index (χ0v) is 18.3. The number of nitro benzene ring substituents is 2. The third kappa shape index (κ3) is 4.60. The minimum Gasteiger partial charge on any atom is -0.436 e. The number of carbonyl (C=O) groups is 1. The molecule has 4 rings (SSSR count). The van der Waals surface area contributed by atoms with Crippen molar-refractivity contribution in [2.24, 2.45) is 0 Å². The minimum atomic E-state index is -0.787. The van der Waals surface area contributed by atoms with E-state index in [4.69, 9.17) is 4.42 Å². The first kappa shape index (κ1) is 22.6. The highest BCUT2D eigenvalue weighted by Gasteiger charge is 2.20. The molecular formula is C24H20N4O6. The molecule has 1 N–H and O–H groups in total. The molecule has 172 valence electrons. The second kappa shape index (κ2) is 9.10. The Morgan fingerprint density at radius 1 is 1.00 bits per heavy atom. The number of hydrogen-bond acceptors (Lipinski definition) is 7. The fraction of sp³-hybridized carbons (Fsp3) is 0.167. The van der Waals surface area contributed by atoms with Crippen LogP contribution in [0, 0.1) is 20.2 Å². The number of nitrogens with one attached hydrogen (secondary N) is 1. The van der Waals surface area contributed by atoms with Crippen LogP contribution >= 0.6 is 0 Å². The average molecular weight is 460 g/mol. The summed E-state index contributed by atoms with van der Waals surface area (Å²) in [5, 5.41) is 24.7. The lowest BCUT2D eigenvalue weighted by atomic mass is 9.98. The Balaban J connectivity index is 1.55. The number of anilines is 1. The Kier molecular flexibility index (Phi) is 6.05. The second-order valence-corrected chi connectivity index (χ2v) is 7.84. The van der Waals surface area contributed by atoms with Gasteiger partial charge in [0.25, 0.3) is 17.3 Å². The lowest BCUT2D eigenvalue weighted by Crippen LogP contribution is -2.12. The topological polar surface area (TPSA) is 141 Å². The molecule has 10 nitrogen and oxygen atoms in total. The maximum absolute atomic E-state index is 12.6. The third-order valence-corrected chi connectivity index (χ3v) is 5.57. The largest absolute Gasteiger partial charge is 0.436 e. The standard InChI is InChI=1S/C24H20N4O6/c1-3-14(2)16-6-9-22-21(12-16)26-24(34-22)15-4-7-18(8-5-15)25-23(29)17-10-19(27(30)31)13-20(11-17)28(32)33/h4-14H,3H2,1-2H3,(H,25,29). The SMILES string of the molecule is CCC(C)c1ccc2oc(-c3ccc(NC(=O)c4cc([N+](=O)[O-])cc([N+](=O)[O-])c4)cc3)nc2c1. The molecule has 34 heavy (non-hydrogen) atoms. The molecule has 0 spiro atoms. The van der Waals surface area contributed by atoms with Gasteiger partial charge in [0, 0.05) is 23.4 Å². The van der Waals surface area contributed by atoms with Crippen LogP contribution < -0.4 is 5.32 Å². The number of non-ortho nitro benzene ring substituents is 2. The second-order valence-electron chi connectivity index (χ2n) is 7.84. The van der Waals surface area contributed by atoms with Crippen molar-refractivity contribution in [2.45, 2.75) is 26.2 Å². The van der Waals surface area contributed by atoms with Crippen molar-refractivity contribution in [3.05, 3.63) is 92.0 Å². The van der Waals surface area contributed by atoms with Crippen LogP contribution in [-0.4, -0.2) is 20.7 Å². The fourth-order valence-electron chi connectivity index (χ4n) is 3.45. The summed E-state index contributed by atoms with van der Waals surface area (Å²) in [6.45, 7) is 4.28. The van der Waals surface area contributed by atoms with Crippen LogP contribution in [0.5, 0.6) is 0 Å². The first-order chi connectivity index (χ1) is 16.2. The van der Waals surface area contributed by atoms with Crippen LogP contribution in [0.2, 0.25) is 0 Å². The summed E-state index contributed by atoms with van der Waals surface area (Å²) in [6, 6.07) is 15.4. The van der Waals surface area contributed by atoms with Crippen LogP contribution in [0.15, 0.2) is 65.1 Å². The maximum atomic E-state index is 12.6. The van der Waals surface area contributed by atoms with Crippen LogP contribution in [0.3, 0.4) is 0 Å². The van der Waals surface area contributed by atoms with E-state index >= 15 is 0 Å². The van der Waals surface area contributed by atoms with Crippen molar-refractivity contribution < 1.29 is 19.1 Å². The average Bonchev–Trinajstić information content (AvgIpc) is 3.27. The van der Waals surface area contributed by atoms with Crippen LogP contribution in [-0.2, 0) is 0 Å². The molecule has 10 heteroatoms. The van der Waals surface area contributed by atoms with E-state index in [1.165, 1.54) is 5.56 Å². The smallest absolute Gasteiger partial charge is 0.277 e.